The minimum absolute atomic E-state index is 0.340. The summed E-state index contributed by atoms with van der Waals surface area (Å²) in [5, 5.41) is 0. The Hall–Kier alpha value is -0.570. The second kappa shape index (κ2) is 5.23. The van der Waals surface area contributed by atoms with E-state index in [0.717, 1.165) is 13.1 Å². The molecular weight excluding hydrogens is 130 g/mol. The van der Waals surface area contributed by atoms with E-state index in [2.05, 4.69) is 11.7 Å². The predicted molar refractivity (Wildman–Crippen MR) is 39.2 cm³/mol. The standard InChI is InChI=1S/C7H14NO2/c1-4-8(5-2)7(3)10-6-9/h6-7H,3-5H2,1-2H3. The smallest absolute Gasteiger partial charge is 0.294 e. The van der Waals surface area contributed by atoms with Crippen molar-refractivity contribution < 1.29 is 9.53 Å². The van der Waals surface area contributed by atoms with Crippen LogP contribution in [-0.2, 0) is 9.53 Å². The van der Waals surface area contributed by atoms with Crippen LogP contribution in [0, 0.1) is 6.92 Å². The van der Waals surface area contributed by atoms with Crippen LogP contribution in [0.15, 0.2) is 0 Å². The fourth-order valence-electron chi connectivity index (χ4n) is 0.781. The lowest BCUT2D eigenvalue weighted by Crippen LogP contribution is -2.34. The number of nitrogens with zero attached hydrogens (tertiary/aromatic N) is 1. The van der Waals surface area contributed by atoms with Crippen LogP contribution in [0.4, 0.5) is 0 Å². The van der Waals surface area contributed by atoms with E-state index in [1.165, 1.54) is 0 Å². The van der Waals surface area contributed by atoms with Gasteiger partial charge in [0.05, 0.1) is 0 Å². The van der Waals surface area contributed by atoms with Crippen LogP contribution in [0.1, 0.15) is 13.8 Å². The van der Waals surface area contributed by atoms with Gasteiger partial charge in [0.15, 0.2) is 6.23 Å². The Morgan fingerprint density at radius 1 is 1.60 bits per heavy atom. The van der Waals surface area contributed by atoms with Crippen molar-refractivity contribution in [3.63, 3.8) is 0 Å². The van der Waals surface area contributed by atoms with Crippen LogP contribution in [0.2, 0.25) is 0 Å². The molecule has 0 aliphatic heterocycles. The third-order valence-electron chi connectivity index (χ3n) is 1.43. The summed E-state index contributed by atoms with van der Waals surface area (Å²) in [6.07, 6.45) is -0.340. The van der Waals surface area contributed by atoms with Crippen LogP contribution in [0.5, 0.6) is 0 Å². The third kappa shape index (κ3) is 2.82. The van der Waals surface area contributed by atoms with Gasteiger partial charge in [-0.05, 0) is 13.1 Å². The molecule has 0 aromatic heterocycles. The maximum Gasteiger partial charge on any atom is 0.294 e. The molecule has 0 bridgehead atoms. The van der Waals surface area contributed by atoms with Gasteiger partial charge in [-0.25, -0.2) is 0 Å². The van der Waals surface area contributed by atoms with E-state index in [0.29, 0.717) is 6.47 Å². The first kappa shape index (κ1) is 9.43. The highest BCUT2D eigenvalue weighted by atomic mass is 16.5. The number of carbonyl (C=O) groups is 1. The molecule has 0 N–H and O–H groups in total. The second-order valence-electron chi connectivity index (χ2n) is 1.91. The summed E-state index contributed by atoms with van der Waals surface area (Å²) in [5.41, 5.74) is 0. The summed E-state index contributed by atoms with van der Waals surface area (Å²) >= 11 is 0. The first-order valence-corrected chi connectivity index (χ1v) is 3.42. The molecular formula is C7H14NO2. The molecule has 1 unspecified atom stereocenters. The maximum absolute atomic E-state index is 9.86. The Balaban J connectivity index is 3.63. The van der Waals surface area contributed by atoms with Crippen molar-refractivity contribution in [2.45, 2.75) is 20.1 Å². The maximum atomic E-state index is 9.86. The van der Waals surface area contributed by atoms with Gasteiger partial charge in [-0.15, -0.1) is 0 Å². The highest BCUT2D eigenvalue weighted by Gasteiger charge is 2.08. The molecule has 0 aliphatic rings. The molecule has 3 nitrogen and oxygen atoms in total. The average molecular weight is 144 g/mol. The van der Waals surface area contributed by atoms with Crippen molar-refractivity contribution in [3.8, 4) is 0 Å². The van der Waals surface area contributed by atoms with Crippen molar-refractivity contribution >= 4 is 6.47 Å². The normalized spacial score (nSPS) is 13.2. The third-order valence-corrected chi connectivity index (χ3v) is 1.43. The topological polar surface area (TPSA) is 29.5 Å². The van der Waals surface area contributed by atoms with E-state index < -0.39 is 0 Å². The fraction of sp³-hybridized carbons (Fsp3) is 0.714. The van der Waals surface area contributed by atoms with Crippen molar-refractivity contribution in [2.75, 3.05) is 13.1 Å². The largest absolute Gasteiger partial charge is 0.449 e. The van der Waals surface area contributed by atoms with Crippen LogP contribution in [0.3, 0.4) is 0 Å². The molecule has 0 spiro atoms. The first-order chi connectivity index (χ1) is 4.76. The molecule has 0 heterocycles. The van der Waals surface area contributed by atoms with E-state index >= 15 is 0 Å². The Kier molecular flexibility index (Phi) is 4.94. The number of hydrogen-bond donors (Lipinski definition) is 0. The molecule has 0 amide bonds. The summed E-state index contributed by atoms with van der Waals surface area (Å²) in [5.74, 6) is 0. The molecule has 0 saturated carbocycles. The van der Waals surface area contributed by atoms with Gasteiger partial charge in [0.1, 0.15) is 0 Å². The number of ether oxygens (including phenoxy) is 1. The molecule has 1 radical (unpaired) electrons. The van der Waals surface area contributed by atoms with Gasteiger partial charge in [0, 0.05) is 6.92 Å². The zero-order valence-corrected chi connectivity index (χ0v) is 6.54. The monoisotopic (exact) mass is 144 g/mol. The quantitative estimate of drug-likeness (QED) is 0.419. The van der Waals surface area contributed by atoms with E-state index in [9.17, 15) is 4.79 Å². The van der Waals surface area contributed by atoms with Crippen molar-refractivity contribution in [1.82, 2.24) is 4.90 Å². The zero-order chi connectivity index (χ0) is 7.98. The van der Waals surface area contributed by atoms with Crippen LogP contribution >= 0.6 is 0 Å². The molecule has 3 heteroatoms. The lowest BCUT2D eigenvalue weighted by molar-refractivity contribution is -0.138. The second-order valence-corrected chi connectivity index (χ2v) is 1.91. The minimum Gasteiger partial charge on any atom is -0.449 e. The van der Waals surface area contributed by atoms with Gasteiger partial charge in [-0.3, -0.25) is 9.69 Å². The van der Waals surface area contributed by atoms with Crippen LogP contribution < -0.4 is 0 Å². The minimum atomic E-state index is -0.340. The zero-order valence-electron chi connectivity index (χ0n) is 6.54. The van der Waals surface area contributed by atoms with E-state index in [1.54, 1.807) is 0 Å². The number of carbonyl (C=O) groups excluding carboxylic acids is 1. The van der Waals surface area contributed by atoms with Crippen LogP contribution in [-0.4, -0.2) is 30.7 Å². The Labute approximate surface area is 62.0 Å². The average Bonchev–Trinajstić information content (AvgIpc) is 1.91. The van der Waals surface area contributed by atoms with Crippen molar-refractivity contribution in [3.05, 3.63) is 6.92 Å². The molecule has 1 atom stereocenters. The fourth-order valence-corrected chi connectivity index (χ4v) is 0.781. The SMILES string of the molecule is [CH2]C(OC=O)N(CC)CC. The lowest BCUT2D eigenvalue weighted by Gasteiger charge is -2.23. The van der Waals surface area contributed by atoms with Crippen LogP contribution in [0.25, 0.3) is 0 Å². The van der Waals surface area contributed by atoms with Gasteiger partial charge >= 0.3 is 0 Å². The van der Waals surface area contributed by atoms with E-state index in [1.807, 2.05) is 18.7 Å². The molecule has 0 aromatic rings. The number of hydrogen-bond acceptors (Lipinski definition) is 3. The van der Waals surface area contributed by atoms with Gasteiger partial charge in [-0.2, -0.15) is 0 Å². The van der Waals surface area contributed by atoms with E-state index in [-0.39, 0.29) is 6.23 Å². The summed E-state index contributed by atoms with van der Waals surface area (Å²) in [7, 11) is 0. The summed E-state index contributed by atoms with van der Waals surface area (Å²) in [6.45, 7) is 9.75. The van der Waals surface area contributed by atoms with Gasteiger partial charge in [-0.1, -0.05) is 13.8 Å². The van der Waals surface area contributed by atoms with Gasteiger partial charge < -0.3 is 4.74 Å². The molecule has 10 heavy (non-hydrogen) atoms. The first-order valence-electron chi connectivity index (χ1n) is 3.42. The van der Waals surface area contributed by atoms with Crippen molar-refractivity contribution in [1.29, 1.82) is 0 Å². The Morgan fingerprint density at radius 3 is 2.40 bits per heavy atom. The summed E-state index contributed by atoms with van der Waals surface area (Å²) < 4.78 is 4.62. The molecule has 0 aromatic carbocycles. The predicted octanol–water partition coefficient (Wildman–Crippen LogP) is 0.661. The van der Waals surface area contributed by atoms with E-state index in [4.69, 9.17) is 0 Å². The molecule has 0 aliphatic carbocycles. The number of rotatable bonds is 5. The Morgan fingerprint density at radius 2 is 2.10 bits per heavy atom. The highest BCUT2D eigenvalue weighted by molar-refractivity contribution is 5.37. The summed E-state index contributed by atoms with van der Waals surface area (Å²) in [6, 6.07) is 0. The molecule has 0 rings (SSSR count). The van der Waals surface area contributed by atoms with Gasteiger partial charge in [0.2, 0.25) is 0 Å². The molecule has 0 fully saturated rings. The summed E-state index contributed by atoms with van der Waals surface area (Å²) in [4.78, 5) is 11.8. The lowest BCUT2D eigenvalue weighted by atomic mass is 10.4. The molecule has 0 saturated heterocycles. The highest BCUT2D eigenvalue weighted by Crippen LogP contribution is 1.96. The Bertz CT molecular complexity index is 91.6. The van der Waals surface area contributed by atoms with Crippen molar-refractivity contribution in [2.24, 2.45) is 0 Å². The van der Waals surface area contributed by atoms with Gasteiger partial charge in [0.25, 0.3) is 6.47 Å². The molecule has 59 valence electrons.